The molecule has 0 rings (SSSR count). The topological polar surface area (TPSA) is 77.0 Å². The van der Waals surface area contributed by atoms with Crippen molar-refractivity contribution in [3.63, 3.8) is 0 Å². The van der Waals surface area contributed by atoms with Crippen LogP contribution >= 0.6 is 0 Å². The molecule has 0 amide bonds. The first-order valence-corrected chi connectivity index (χ1v) is 5.23. The molecule has 0 saturated carbocycles. The van der Waals surface area contributed by atoms with Crippen molar-refractivity contribution in [1.82, 2.24) is 5.32 Å². The number of esters is 1. The quantitative estimate of drug-likeness (QED) is 0.380. The molecule has 0 aliphatic heterocycles. The number of rotatable bonds is 10. The number of carbonyl (C=O) groups excluding carboxylic acids is 1. The number of aliphatic hydroxyl groups excluding tert-OH is 1. The molecule has 96 valence electrons. The van der Waals surface area contributed by atoms with Crippen LogP contribution in [0, 0.1) is 0 Å². The molecule has 6 nitrogen and oxygen atoms in total. The van der Waals surface area contributed by atoms with E-state index in [1.54, 1.807) is 7.11 Å². The Bertz CT molecular complexity index is 177. The standard InChI is InChI=1S/C10H21NO5/c1-14-5-6-16-8-9(12)7-11-4-3-10(13)15-2/h9,11-12H,3-8H2,1-2H3. The molecule has 0 heterocycles. The van der Waals surface area contributed by atoms with Crippen LogP contribution in [0.1, 0.15) is 6.42 Å². The smallest absolute Gasteiger partial charge is 0.306 e. The minimum absolute atomic E-state index is 0.259. The Labute approximate surface area is 95.9 Å². The van der Waals surface area contributed by atoms with Gasteiger partial charge in [-0.25, -0.2) is 0 Å². The summed E-state index contributed by atoms with van der Waals surface area (Å²) in [6, 6.07) is 0. The third kappa shape index (κ3) is 9.85. The summed E-state index contributed by atoms with van der Waals surface area (Å²) in [7, 11) is 2.94. The Morgan fingerprint density at radius 3 is 2.75 bits per heavy atom. The molecule has 2 N–H and O–H groups in total. The van der Waals surface area contributed by atoms with E-state index in [-0.39, 0.29) is 12.6 Å². The maximum Gasteiger partial charge on any atom is 0.306 e. The summed E-state index contributed by atoms with van der Waals surface area (Å²) in [5.41, 5.74) is 0. The maximum absolute atomic E-state index is 10.7. The van der Waals surface area contributed by atoms with E-state index in [2.05, 4.69) is 10.1 Å². The number of nitrogens with one attached hydrogen (secondary N) is 1. The van der Waals surface area contributed by atoms with Gasteiger partial charge in [-0.2, -0.15) is 0 Å². The van der Waals surface area contributed by atoms with Gasteiger partial charge in [0.05, 0.1) is 39.5 Å². The van der Waals surface area contributed by atoms with Gasteiger partial charge < -0.3 is 24.6 Å². The summed E-state index contributed by atoms with van der Waals surface area (Å²) in [5, 5.41) is 12.4. The Morgan fingerprint density at radius 1 is 1.38 bits per heavy atom. The highest BCUT2D eigenvalue weighted by Crippen LogP contribution is 1.86. The van der Waals surface area contributed by atoms with Gasteiger partial charge in [0.15, 0.2) is 0 Å². The molecule has 0 aromatic heterocycles. The van der Waals surface area contributed by atoms with Crippen molar-refractivity contribution in [3.8, 4) is 0 Å². The summed E-state index contributed by atoms with van der Waals surface area (Å²) >= 11 is 0. The van der Waals surface area contributed by atoms with Crippen molar-refractivity contribution >= 4 is 5.97 Å². The fourth-order valence-corrected chi connectivity index (χ4v) is 0.982. The minimum atomic E-state index is -0.575. The average Bonchev–Trinajstić information content (AvgIpc) is 2.30. The Hall–Kier alpha value is -0.690. The predicted molar refractivity (Wildman–Crippen MR) is 58.2 cm³/mol. The number of hydrogen-bond acceptors (Lipinski definition) is 6. The molecule has 1 unspecified atom stereocenters. The van der Waals surface area contributed by atoms with Crippen LogP contribution in [0.15, 0.2) is 0 Å². The van der Waals surface area contributed by atoms with Crippen molar-refractivity contribution in [3.05, 3.63) is 0 Å². The van der Waals surface area contributed by atoms with Crippen molar-refractivity contribution < 1.29 is 24.1 Å². The van der Waals surface area contributed by atoms with Crippen molar-refractivity contribution in [2.75, 3.05) is 47.1 Å². The second-order valence-corrected chi connectivity index (χ2v) is 3.25. The average molecular weight is 235 g/mol. The zero-order valence-corrected chi connectivity index (χ0v) is 9.90. The van der Waals surface area contributed by atoms with Crippen LogP contribution in [0.3, 0.4) is 0 Å². The van der Waals surface area contributed by atoms with E-state index in [0.717, 1.165) is 0 Å². The lowest BCUT2D eigenvalue weighted by Crippen LogP contribution is -2.32. The molecule has 0 radical (unpaired) electrons. The van der Waals surface area contributed by atoms with Crippen LogP contribution in [-0.2, 0) is 19.0 Å². The minimum Gasteiger partial charge on any atom is -0.469 e. The van der Waals surface area contributed by atoms with Crippen LogP contribution in [0.5, 0.6) is 0 Å². The van der Waals surface area contributed by atoms with Gasteiger partial charge in [0.1, 0.15) is 0 Å². The fourth-order valence-electron chi connectivity index (χ4n) is 0.982. The van der Waals surface area contributed by atoms with E-state index < -0.39 is 6.10 Å². The number of aliphatic hydroxyl groups is 1. The van der Waals surface area contributed by atoms with Crippen molar-refractivity contribution in [1.29, 1.82) is 0 Å². The summed E-state index contributed by atoms with van der Waals surface area (Å²) in [5.74, 6) is -0.265. The van der Waals surface area contributed by atoms with Gasteiger partial charge in [-0.3, -0.25) is 4.79 Å². The molecule has 0 spiro atoms. The van der Waals surface area contributed by atoms with Crippen molar-refractivity contribution in [2.45, 2.75) is 12.5 Å². The highest BCUT2D eigenvalue weighted by molar-refractivity contribution is 5.69. The SMILES string of the molecule is COCCOCC(O)CNCCC(=O)OC. The Morgan fingerprint density at radius 2 is 2.12 bits per heavy atom. The first-order chi connectivity index (χ1) is 7.70. The highest BCUT2D eigenvalue weighted by Gasteiger charge is 2.04. The molecule has 0 bridgehead atoms. The van der Waals surface area contributed by atoms with Gasteiger partial charge in [-0.05, 0) is 0 Å². The number of ether oxygens (including phenoxy) is 3. The molecule has 6 heteroatoms. The second kappa shape index (κ2) is 10.8. The molecular weight excluding hydrogens is 214 g/mol. The second-order valence-electron chi connectivity index (χ2n) is 3.25. The zero-order valence-electron chi connectivity index (χ0n) is 9.90. The van der Waals surface area contributed by atoms with Gasteiger partial charge in [-0.15, -0.1) is 0 Å². The van der Waals surface area contributed by atoms with Crippen LogP contribution in [-0.4, -0.2) is 64.3 Å². The zero-order chi connectivity index (χ0) is 12.2. The summed E-state index contributed by atoms with van der Waals surface area (Å²) in [6.07, 6.45) is -0.275. The van der Waals surface area contributed by atoms with E-state index in [9.17, 15) is 9.90 Å². The predicted octanol–water partition coefficient (Wildman–Crippen LogP) is -0.837. The normalized spacial score (nSPS) is 12.4. The highest BCUT2D eigenvalue weighted by atomic mass is 16.5. The van der Waals surface area contributed by atoms with Gasteiger partial charge in [0.25, 0.3) is 0 Å². The third-order valence-corrected chi connectivity index (χ3v) is 1.86. The summed E-state index contributed by atoms with van der Waals surface area (Å²) in [4.78, 5) is 10.7. The van der Waals surface area contributed by atoms with Gasteiger partial charge >= 0.3 is 5.97 Å². The maximum atomic E-state index is 10.7. The van der Waals surface area contributed by atoms with Crippen LogP contribution in [0.4, 0.5) is 0 Å². The lowest BCUT2D eigenvalue weighted by atomic mass is 10.3. The lowest BCUT2D eigenvalue weighted by molar-refractivity contribution is -0.140. The summed E-state index contributed by atoms with van der Waals surface area (Å²) in [6.45, 7) is 2.12. The molecule has 0 fully saturated rings. The van der Waals surface area contributed by atoms with E-state index in [1.807, 2.05) is 0 Å². The largest absolute Gasteiger partial charge is 0.469 e. The van der Waals surface area contributed by atoms with Crippen LogP contribution in [0.25, 0.3) is 0 Å². The Balaban J connectivity index is 3.23. The van der Waals surface area contributed by atoms with E-state index >= 15 is 0 Å². The van der Waals surface area contributed by atoms with Gasteiger partial charge in [0, 0.05) is 20.2 Å². The van der Waals surface area contributed by atoms with Crippen molar-refractivity contribution in [2.24, 2.45) is 0 Å². The molecule has 0 aromatic rings. The van der Waals surface area contributed by atoms with E-state index in [4.69, 9.17) is 9.47 Å². The molecule has 0 aliphatic carbocycles. The van der Waals surface area contributed by atoms with E-state index in [0.29, 0.717) is 32.7 Å². The first-order valence-electron chi connectivity index (χ1n) is 5.23. The summed E-state index contributed by atoms with van der Waals surface area (Å²) < 4.78 is 14.4. The molecule has 0 aliphatic rings. The first kappa shape index (κ1) is 15.3. The molecule has 0 saturated heterocycles. The Kier molecular flexibility index (Phi) is 10.3. The number of methoxy groups -OCH3 is 2. The monoisotopic (exact) mass is 235 g/mol. The molecular formula is C10H21NO5. The van der Waals surface area contributed by atoms with Gasteiger partial charge in [0.2, 0.25) is 0 Å². The third-order valence-electron chi connectivity index (χ3n) is 1.86. The number of carbonyl (C=O) groups is 1. The molecule has 16 heavy (non-hydrogen) atoms. The van der Waals surface area contributed by atoms with Crippen LogP contribution in [0.2, 0.25) is 0 Å². The molecule has 0 aromatic carbocycles. The molecule has 1 atom stereocenters. The lowest BCUT2D eigenvalue weighted by Gasteiger charge is -2.11. The van der Waals surface area contributed by atoms with Crippen LogP contribution < -0.4 is 5.32 Å². The fraction of sp³-hybridized carbons (Fsp3) is 0.900. The van der Waals surface area contributed by atoms with E-state index in [1.165, 1.54) is 7.11 Å². The van der Waals surface area contributed by atoms with Gasteiger partial charge in [-0.1, -0.05) is 0 Å². The number of hydrogen-bond donors (Lipinski definition) is 2.